The summed E-state index contributed by atoms with van der Waals surface area (Å²) in [6.07, 6.45) is 4.41. The summed E-state index contributed by atoms with van der Waals surface area (Å²) in [5.41, 5.74) is 0.114. The zero-order chi connectivity index (χ0) is 8.27. The Bertz CT molecular complexity index is 260. The first-order valence-electron chi connectivity index (χ1n) is 2.83. The molecule has 5 heteroatoms. The number of hydrogen-bond donors (Lipinski definition) is 1. The summed E-state index contributed by atoms with van der Waals surface area (Å²) in [5, 5.41) is 9.04. The Morgan fingerprint density at radius 1 is 1.55 bits per heavy atom. The molecule has 0 aliphatic carbocycles. The zero-order valence-corrected chi connectivity index (χ0v) is 6.63. The molecular weight excluding hydrogens is 164 g/mol. The Kier molecular flexibility index (Phi) is 2.43. The third-order valence-electron chi connectivity index (χ3n) is 1.06. The molecule has 0 fully saturated rings. The maximum absolute atomic E-state index is 10.3. The lowest BCUT2D eigenvalue weighted by Gasteiger charge is -1.93. The molecule has 0 spiro atoms. The van der Waals surface area contributed by atoms with Crippen molar-refractivity contribution in [3.8, 4) is 0 Å². The predicted molar refractivity (Wildman–Crippen MR) is 40.8 cm³/mol. The van der Waals surface area contributed by atoms with Gasteiger partial charge in [-0.2, -0.15) is 0 Å². The van der Waals surface area contributed by atoms with E-state index in [2.05, 4.69) is 9.97 Å². The average molecular weight is 170 g/mol. The molecule has 0 atom stereocenters. The molecule has 0 bridgehead atoms. The normalized spacial score (nSPS) is 9.55. The van der Waals surface area contributed by atoms with Gasteiger partial charge in [-0.3, -0.25) is 0 Å². The first-order valence-corrected chi connectivity index (χ1v) is 4.06. The van der Waals surface area contributed by atoms with Crippen LogP contribution in [0.1, 0.15) is 10.4 Å². The lowest BCUT2D eigenvalue weighted by Crippen LogP contribution is -1.98. The highest BCUT2D eigenvalue weighted by molar-refractivity contribution is 7.98. The molecule has 0 aliphatic rings. The Morgan fingerprint density at radius 2 is 2.09 bits per heavy atom. The van der Waals surface area contributed by atoms with E-state index >= 15 is 0 Å². The number of carbonyl (C=O) groups is 1. The highest BCUT2D eigenvalue weighted by Gasteiger charge is 2.02. The molecular formula is C6H6N2O2S. The molecule has 1 aromatic rings. The molecule has 1 heterocycles. The van der Waals surface area contributed by atoms with Crippen LogP contribution in [0.2, 0.25) is 0 Å². The number of nitrogens with zero attached hydrogens (tertiary/aromatic N) is 2. The first kappa shape index (κ1) is 8.00. The van der Waals surface area contributed by atoms with Crippen LogP contribution in [-0.4, -0.2) is 27.3 Å². The molecule has 1 aromatic heterocycles. The van der Waals surface area contributed by atoms with Crippen molar-refractivity contribution in [2.75, 3.05) is 6.26 Å². The van der Waals surface area contributed by atoms with Gasteiger partial charge in [0.25, 0.3) is 0 Å². The van der Waals surface area contributed by atoms with Crippen LogP contribution in [-0.2, 0) is 0 Å². The Balaban J connectivity index is 2.91. The second-order valence-electron chi connectivity index (χ2n) is 1.76. The summed E-state index contributed by atoms with van der Waals surface area (Å²) >= 11 is 1.37. The minimum absolute atomic E-state index is 0.114. The third kappa shape index (κ3) is 1.91. The van der Waals surface area contributed by atoms with Crippen molar-refractivity contribution >= 4 is 17.7 Å². The molecule has 0 aliphatic heterocycles. The van der Waals surface area contributed by atoms with E-state index in [1.807, 2.05) is 6.26 Å². The van der Waals surface area contributed by atoms with Crippen LogP contribution in [0.25, 0.3) is 0 Å². The molecule has 58 valence electrons. The number of hydrogen-bond acceptors (Lipinski definition) is 4. The van der Waals surface area contributed by atoms with Gasteiger partial charge in [0.1, 0.15) is 0 Å². The van der Waals surface area contributed by atoms with Crippen molar-refractivity contribution in [3.05, 3.63) is 18.0 Å². The lowest BCUT2D eigenvalue weighted by molar-refractivity contribution is 0.0695. The lowest BCUT2D eigenvalue weighted by atomic mass is 10.4. The van der Waals surface area contributed by atoms with Gasteiger partial charge in [-0.05, 0) is 6.26 Å². The monoisotopic (exact) mass is 170 g/mol. The number of carboxylic acid groups (broad SMARTS) is 1. The number of carboxylic acids is 1. The standard InChI is InChI=1S/C6H6N2O2S/c1-11-6-7-2-4(3-8-6)5(9)10/h2-3H,1H3,(H,9,10). The molecule has 11 heavy (non-hydrogen) atoms. The number of thioether (sulfide) groups is 1. The van der Waals surface area contributed by atoms with E-state index in [4.69, 9.17) is 5.11 Å². The fraction of sp³-hybridized carbons (Fsp3) is 0.167. The summed E-state index contributed by atoms with van der Waals surface area (Å²) in [6.45, 7) is 0. The van der Waals surface area contributed by atoms with Crippen LogP contribution in [0.15, 0.2) is 17.6 Å². The fourth-order valence-corrected chi connectivity index (χ4v) is 0.848. The molecule has 0 saturated heterocycles. The van der Waals surface area contributed by atoms with Crippen LogP contribution >= 0.6 is 11.8 Å². The fourth-order valence-electron chi connectivity index (χ4n) is 0.532. The van der Waals surface area contributed by atoms with Gasteiger partial charge in [0.2, 0.25) is 0 Å². The van der Waals surface area contributed by atoms with Crippen molar-refractivity contribution in [2.24, 2.45) is 0 Å². The summed E-state index contributed by atoms with van der Waals surface area (Å²) in [6, 6.07) is 0. The highest BCUT2D eigenvalue weighted by atomic mass is 32.2. The van der Waals surface area contributed by atoms with Crippen LogP contribution in [0.3, 0.4) is 0 Å². The first-order chi connectivity index (χ1) is 5.24. The van der Waals surface area contributed by atoms with Crippen LogP contribution in [0.4, 0.5) is 0 Å². The largest absolute Gasteiger partial charge is 0.478 e. The predicted octanol–water partition coefficient (Wildman–Crippen LogP) is 0.897. The van der Waals surface area contributed by atoms with Crippen LogP contribution in [0, 0.1) is 0 Å². The minimum atomic E-state index is -1.00. The van der Waals surface area contributed by atoms with Gasteiger partial charge in [0.15, 0.2) is 5.16 Å². The number of aromatic carboxylic acids is 1. The molecule has 0 radical (unpaired) electrons. The minimum Gasteiger partial charge on any atom is -0.478 e. The molecule has 1 N–H and O–H groups in total. The Hall–Kier alpha value is -1.10. The van der Waals surface area contributed by atoms with Crippen molar-refractivity contribution < 1.29 is 9.90 Å². The van der Waals surface area contributed by atoms with E-state index in [0.717, 1.165) is 0 Å². The smallest absolute Gasteiger partial charge is 0.338 e. The topological polar surface area (TPSA) is 63.1 Å². The van der Waals surface area contributed by atoms with Crippen LogP contribution < -0.4 is 0 Å². The van der Waals surface area contributed by atoms with E-state index in [-0.39, 0.29) is 5.56 Å². The SMILES string of the molecule is CSc1ncc(C(=O)O)cn1. The van der Waals surface area contributed by atoms with Crippen molar-refractivity contribution in [1.29, 1.82) is 0 Å². The maximum Gasteiger partial charge on any atom is 0.338 e. The Morgan fingerprint density at radius 3 is 2.45 bits per heavy atom. The molecule has 0 amide bonds. The number of aromatic nitrogens is 2. The van der Waals surface area contributed by atoms with Gasteiger partial charge in [-0.15, -0.1) is 0 Å². The second-order valence-corrected chi connectivity index (χ2v) is 2.54. The van der Waals surface area contributed by atoms with E-state index < -0.39 is 5.97 Å². The van der Waals surface area contributed by atoms with Crippen molar-refractivity contribution in [2.45, 2.75) is 5.16 Å². The molecule has 0 unspecified atom stereocenters. The quantitative estimate of drug-likeness (QED) is 0.527. The van der Waals surface area contributed by atoms with E-state index in [1.165, 1.54) is 24.2 Å². The summed E-state index contributed by atoms with van der Waals surface area (Å²) < 4.78 is 0. The molecule has 0 aromatic carbocycles. The number of rotatable bonds is 2. The van der Waals surface area contributed by atoms with E-state index in [1.54, 1.807) is 0 Å². The third-order valence-corrected chi connectivity index (χ3v) is 1.63. The Labute approximate surface area is 67.7 Å². The summed E-state index contributed by atoms with van der Waals surface area (Å²) in [5.74, 6) is -1.00. The molecule has 4 nitrogen and oxygen atoms in total. The second kappa shape index (κ2) is 3.34. The van der Waals surface area contributed by atoms with Crippen molar-refractivity contribution in [1.82, 2.24) is 9.97 Å². The average Bonchev–Trinajstić information content (AvgIpc) is 2.05. The van der Waals surface area contributed by atoms with Gasteiger partial charge in [0.05, 0.1) is 5.56 Å². The highest BCUT2D eigenvalue weighted by Crippen LogP contribution is 2.06. The van der Waals surface area contributed by atoms with Gasteiger partial charge in [0, 0.05) is 12.4 Å². The van der Waals surface area contributed by atoms with Crippen LogP contribution in [0.5, 0.6) is 0 Å². The van der Waals surface area contributed by atoms with Gasteiger partial charge < -0.3 is 5.11 Å². The van der Waals surface area contributed by atoms with Gasteiger partial charge in [-0.1, -0.05) is 11.8 Å². The summed E-state index contributed by atoms with van der Waals surface area (Å²) in [7, 11) is 0. The van der Waals surface area contributed by atoms with Gasteiger partial charge >= 0.3 is 5.97 Å². The van der Waals surface area contributed by atoms with E-state index in [9.17, 15) is 4.79 Å². The van der Waals surface area contributed by atoms with E-state index in [0.29, 0.717) is 5.16 Å². The zero-order valence-electron chi connectivity index (χ0n) is 5.81. The maximum atomic E-state index is 10.3. The molecule has 1 rings (SSSR count). The summed E-state index contributed by atoms with van der Waals surface area (Å²) in [4.78, 5) is 17.9. The van der Waals surface area contributed by atoms with Crippen molar-refractivity contribution in [3.63, 3.8) is 0 Å². The molecule has 0 saturated carbocycles. The van der Waals surface area contributed by atoms with Gasteiger partial charge in [-0.25, -0.2) is 14.8 Å².